The fraction of sp³-hybridized carbons (Fsp3) is 0.353. The summed E-state index contributed by atoms with van der Waals surface area (Å²) in [6.45, 7) is 3.36. The van der Waals surface area contributed by atoms with Gasteiger partial charge in [-0.15, -0.1) is 11.3 Å². The number of thiazole rings is 1. The Morgan fingerprint density at radius 2 is 1.96 bits per heavy atom. The van der Waals surface area contributed by atoms with Crippen LogP contribution < -0.4 is 0 Å². The van der Waals surface area contributed by atoms with Crippen molar-refractivity contribution in [3.63, 3.8) is 0 Å². The molecule has 0 saturated heterocycles. The third-order valence-electron chi connectivity index (χ3n) is 3.96. The Morgan fingerprint density at radius 1 is 1.30 bits per heavy atom. The van der Waals surface area contributed by atoms with E-state index < -0.39 is 12.0 Å². The van der Waals surface area contributed by atoms with Crippen molar-refractivity contribution in [1.29, 1.82) is 0 Å². The Labute approximate surface area is 138 Å². The number of hydrogen-bond donors (Lipinski definition) is 1. The van der Waals surface area contributed by atoms with Crippen molar-refractivity contribution in [1.82, 2.24) is 9.88 Å². The average molecular weight is 330 g/mol. The van der Waals surface area contributed by atoms with Gasteiger partial charge in [-0.3, -0.25) is 4.79 Å². The molecule has 1 amide bonds. The van der Waals surface area contributed by atoms with Crippen molar-refractivity contribution >= 4 is 23.2 Å². The summed E-state index contributed by atoms with van der Waals surface area (Å²) in [5.41, 5.74) is 1.62. The Morgan fingerprint density at radius 3 is 2.52 bits per heavy atom. The number of amides is 1. The van der Waals surface area contributed by atoms with E-state index in [1.165, 1.54) is 16.2 Å². The maximum absolute atomic E-state index is 12.9. The molecule has 0 radical (unpaired) electrons. The lowest BCUT2D eigenvalue weighted by Gasteiger charge is -2.26. The summed E-state index contributed by atoms with van der Waals surface area (Å²) in [6.07, 6.45) is 1.74. The normalized spacial score (nSPS) is 15.2. The maximum Gasteiger partial charge on any atom is 0.326 e. The summed E-state index contributed by atoms with van der Waals surface area (Å²) in [5, 5.41) is 10.1. The van der Waals surface area contributed by atoms with E-state index in [1.54, 1.807) is 13.8 Å². The standard InChI is InChI=1S/C17H18N2O3S/c1-10-14(23-15(18-10)12-6-4-3-5-7-12)16(20)19(13-8-9-13)11(2)17(21)22/h3-7,11,13H,8-9H2,1-2H3,(H,21,22). The van der Waals surface area contributed by atoms with Crippen molar-refractivity contribution in [3.05, 3.63) is 40.9 Å². The molecular weight excluding hydrogens is 312 g/mol. The molecule has 5 nitrogen and oxygen atoms in total. The number of nitrogens with zero attached hydrogens (tertiary/aromatic N) is 2. The molecule has 1 unspecified atom stereocenters. The van der Waals surface area contributed by atoms with Crippen LogP contribution in [0.5, 0.6) is 0 Å². The molecule has 120 valence electrons. The van der Waals surface area contributed by atoms with Crippen LogP contribution in [-0.2, 0) is 4.79 Å². The van der Waals surface area contributed by atoms with Gasteiger partial charge in [0.2, 0.25) is 0 Å². The minimum absolute atomic E-state index is 0.0373. The van der Waals surface area contributed by atoms with Gasteiger partial charge in [-0.25, -0.2) is 9.78 Å². The zero-order valence-electron chi connectivity index (χ0n) is 13.0. The van der Waals surface area contributed by atoms with Gasteiger partial charge >= 0.3 is 5.97 Å². The average Bonchev–Trinajstić information content (AvgIpc) is 3.29. The third-order valence-corrected chi connectivity index (χ3v) is 5.16. The zero-order chi connectivity index (χ0) is 16.6. The van der Waals surface area contributed by atoms with Crippen LogP contribution in [-0.4, -0.2) is 39.0 Å². The number of aliphatic carboxylic acids is 1. The predicted molar refractivity (Wildman–Crippen MR) is 88.6 cm³/mol. The number of aryl methyl sites for hydroxylation is 1. The van der Waals surface area contributed by atoms with Gasteiger partial charge in [0.1, 0.15) is 15.9 Å². The molecule has 1 N–H and O–H groups in total. The van der Waals surface area contributed by atoms with E-state index in [2.05, 4.69) is 4.98 Å². The molecule has 6 heteroatoms. The quantitative estimate of drug-likeness (QED) is 0.914. The lowest BCUT2D eigenvalue weighted by molar-refractivity contribution is -0.141. The zero-order valence-corrected chi connectivity index (χ0v) is 13.8. The van der Waals surface area contributed by atoms with Gasteiger partial charge in [-0.1, -0.05) is 30.3 Å². The van der Waals surface area contributed by atoms with E-state index in [4.69, 9.17) is 0 Å². The maximum atomic E-state index is 12.9. The summed E-state index contributed by atoms with van der Waals surface area (Å²) in [5.74, 6) is -1.20. The van der Waals surface area contributed by atoms with Crippen LogP contribution >= 0.6 is 11.3 Å². The lowest BCUT2D eigenvalue weighted by atomic mass is 10.2. The number of carboxylic acids is 1. The minimum atomic E-state index is -0.976. The molecule has 1 aromatic carbocycles. The Hall–Kier alpha value is -2.21. The predicted octanol–water partition coefficient (Wildman–Crippen LogP) is 3.20. The summed E-state index contributed by atoms with van der Waals surface area (Å²) in [4.78, 5) is 30.7. The number of hydrogen-bond acceptors (Lipinski definition) is 4. The van der Waals surface area contributed by atoms with Gasteiger partial charge < -0.3 is 10.0 Å². The summed E-state index contributed by atoms with van der Waals surface area (Å²) in [7, 11) is 0. The van der Waals surface area contributed by atoms with Crippen LogP contribution in [0.2, 0.25) is 0 Å². The van der Waals surface area contributed by atoms with Gasteiger partial charge in [0.05, 0.1) is 5.69 Å². The fourth-order valence-corrected chi connectivity index (χ4v) is 3.56. The highest BCUT2D eigenvalue weighted by Crippen LogP contribution is 2.34. The molecule has 1 saturated carbocycles. The molecule has 1 aliphatic rings. The fourth-order valence-electron chi connectivity index (χ4n) is 2.55. The molecule has 1 aliphatic carbocycles. The number of benzene rings is 1. The van der Waals surface area contributed by atoms with Gasteiger partial charge in [-0.05, 0) is 26.7 Å². The molecule has 3 rings (SSSR count). The molecule has 2 aromatic rings. The van der Waals surface area contributed by atoms with Crippen molar-refractivity contribution in [2.75, 3.05) is 0 Å². The first kappa shape index (κ1) is 15.7. The molecule has 23 heavy (non-hydrogen) atoms. The number of carbonyl (C=O) groups is 2. The van der Waals surface area contributed by atoms with Crippen LogP contribution in [0.25, 0.3) is 10.6 Å². The van der Waals surface area contributed by atoms with Crippen molar-refractivity contribution < 1.29 is 14.7 Å². The minimum Gasteiger partial charge on any atom is -0.480 e. The van der Waals surface area contributed by atoms with Crippen molar-refractivity contribution in [3.8, 4) is 10.6 Å². The first-order chi connectivity index (χ1) is 11.0. The van der Waals surface area contributed by atoms with Crippen LogP contribution in [0.4, 0.5) is 0 Å². The number of rotatable bonds is 5. The number of aromatic nitrogens is 1. The van der Waals surface area contributed by atoms with Crippen LogP contribution in [0.1, 0.15) is 35.1 Å². The molecule has 0 spiro atoms. The number of carbonyl (C=O) groups excluding carboxylic acids is 1. The summed E-state index contributed by atoms with van der Waals surface area (Å²) < 4.78 is 0. The van der Waals surface area contributed by atoms with E-state index in [0.717, 1.165) is 23.4 Å². The monoisotopic (exact) mass is 330 g/mol. The highest BCUT2D eigenvalue weighted by molar-refractivity contribution is 7.17. The second kappa shape index (κ2) is 6.12. The van der Waals surface area contributed by atoms with Crippen LogP contribution in [0, 0.1) is 6.92 Å². The van der Waals surface area contributed by atoms with E-state index in [1.807, 2.05) is 30.3 Å². The highest BCUT2D eigenvalue weighted by Gasteiger charge is 2.40. The molecule has 1 heterocycles. The number of carboxylic acid groups (broad SMARTS) is 1. The molecule has 1 atom stereocenters. The molecular formula is C17H18N2O3S. The summed E-state index contributed by atoms with van der Waals surface area (Å²) >= 11 is 1.33. The first-order valence-electron chi connectivity index (χ1n) is 7.57. The van der Waals surface area contributed by atoms with Crippen molar-refractivity contribution in [2.45, 2.75) is 38.8 Å². The lowest BCUT2D eigenvalue weighted by Crippen LogP contribution is -2.44. The van der Waals surface area contributed by atoms with Gasteiger partial charge in [0, 0.05) is 11.6 Å². The first-order valence-corrected chi connectivity index (χ1v) is 8.39. The SMILES string of the molecule is Cc1nc(-c2ccccc2)sc1C(=O)N(C1CC1)C(C)C(=O)O. The smallest absolute Gasteiger partial charge is 0.326 e. The van der Waals surface area contributed by atoms with Gasteiger partial charge in [-0.2, -0.15) is 0 Å². The Bertz CT molecular complexity index is 738. The van der Waals surface area contributed by atoms with E-state index in [-0.39, 0.29) is 11.9 Å². The van der Waals surface area contributed by atoms with Crippen molar-refractivity contribution in [2.24, 2.45) is 0 Å². The molecule has 1 fully saturated rings. The second-order valence-electron chi connectivity index (χ2n) is 5.76. The summed E-state index contributed by atoms with van der Waals surface area (Å²) in [6, 6.07) is 8.90. The second-order valence-corrected chi connectivity index (χ2v) is 6.76. The Balaban J connectivity index is 1.93. The van der Waals surface area contributed by atoms with E-state index in [0.29, 0.717) is 10.6 Å². The molecule has 0 bridgehead atoms. The third kappa shape index (κ3) is 3.12. The van der Waals surface area contributed by atoms with Crippen LogP contribution in [0.3, 0.4) is 0 Å². The topological polar surface area (TPSA) is 70.5 Å². The largest absolute Gasteiger partial charge is 0.480 e. The highest BCUT2D eigenvalue weighted by atomic mass is 32.1. The van der Waals surface area contributed by atoms with Gasteiger partial charge in [0.25, 0.3) is 5.91 Å². The van der Waals surface area contributed by atoms with Gasteiger partial charge in [0.15, 0.2) is 0 Å². The molecule has 1 aromatic heterocycles. The van der Waals surface area contributed by atoms with E-state index >= 15 is 0 Å². The Kier molecular flexibility index (Phi) is 4.17. The van der Waals surface area contributed by atoms with Crippen LogP contribution in [0.15, 0.2) is 30.3 Å². The molecule has 0 aliphatic heterocycles. The van der Waals surface area contributed by atoms with E-state index in [9.17, 15) is 14.7 Å².